The van der Waals surface area contributed by atoms with Gasteiger partial charge in [-0.1, -0.05) is 19.6 Å². The molecule has 2 fully saturated rings. The van der Waals surface area contributed by atoms with Gasteiger partial charge in [-0.25, -0.2) is 19.2 Å². The number of nitrogens with one attached hydrogen (secondary N) is 5. The number of amides is 5. The predicted octanol–water partition coefficient (Wildman–Crippen LogP) is -0.0737. The van der Waals surface area contributed by atoms with Crippen LogP contribution in [0.2, 0.25) is 25.7 Å². The number of carbonyl (C=O) groups is 8. The van der Waals surface area contributed by atoms with Gasteiger partial charge in [-0.05, 0) is 66.3 Å². The molecule has 60 heavy (non-hydrogen) atoms. The second-order valence-electron chi connectivity index (χ2n) is 16.9. The van der Waals surface area contributed by atoms with Crippen molar-refractivity contribution in [3.63, 3.8) is 0 Å². The molecule has 342 valence electrons. The Morgan fingerprint density at radius 3 is 1.95 bits per heavy atom. The van der Waals surface area contributed by atoms with Crippen LogP contribution in [0.5, 0.6) is 0 Å². The fourth-order valence-corrected chi connectivity index (χ4v) is 6.75. The number of alkyl carbamates (subject to hydrolysis) is 1. The highest BCUT2D eigenvalue weighted by Gasteiger charge is 2.52. The third-order valence-electron chi connectivity index (χ3n) is 9.29. The van der Waals surface area contributed by atoms with Gasteiger partial charge in [0.15, 0.2) is 6.29 Å². The van der Waals surface area contributed by atoms with Crippen molar-refractivity contribution in [3.8, 4) is 0 Å². The number of carbonyl (C=O) groups excluding carboxylic acids is 8. The molecular weight excluding hydrogens is 811 g/mol. The van der Waals surface area contributed by atoms with E-state index >= 15 is 0 Å². The molecule has 0 aromatic heterocycles. The molecular formula is C38H65N5O16Si. The summed E-state index contributed by atoms with van der Waals surface area (Å²) in [6.45, 7) is 15.5. The number of aliphatic hydroxyl groups excluding tert-OH is 1. The lowest BCUT2D eigenvalue weighted by Crippen LogP contribution is -2.62. The van der Waals surface area contributed by atoms with Crippen LogP contribution < -0.4 is 26.6 Å². The Kier molecular flexibility index (Phi) is 20.3. The van der Waals surface area contributed by atoms with Gasteiger partial charge in [-0.3, -0.25) is 19.2 Å². The van der Waals surface area contributed by atoms with Crippen LogP contribution in [0.3, 0.4) is 0 Å². The largest absolute Gasteiger partial charge is 0.467 e. The van der Waals surface area contributed by atoms with Crippen LogP contribution in [0, 0.1) is 0 Å². The monoisotopic (exact) mass is 875 g/mol. The number of hydrogen-bond acceptors (Lipinski definition) is 16. The van der Waals surface area contributed by atoms with E-state index in [0.29, 0.717) is 6.04 Å². The van der Waals surface area contributed by atoms with Crippen molar-refractivity contribution in [2.24, 2.45) is 0 Å². The lowest BCUT2D eigenvalue weighted by Gasteiger charge is -2.39. The van der Waals surface area contributed by atoms with Gasteiger partial charge in [0.1, 0.15) is 60.2 Å². The minimum Gasteiger partial charge on any atom is -0.467 e. The van der Waals surface area contributed by atoms with E-state index in [0.717, 1.165) is 14.2 Å². The van der Waals surface area contributed by atoms with Crippen molar-refractivity contribution in [3.05, 3.63) is 0 Å². The summed E-state index contributed by atoms with van der Waals surface area (Å²) in [5, 5.41) is 23.4. The van der Waals surface area contributed by atoms with Crippen LogP contribution in [0.4, 0.5) is 4.79 Å². The molecule has 0 aromatic rings. The summed E-state index contributed by atoms with van der Waals surface area (Å²) in [5.74, 6) is -4.99. The van der Waals surface area contributed by atoms with E-state index in [9.17, 15) is 43.5 Å². The van der Waals surface area contributed by atoms with Crippen molar-refractivity contribution in [2.45, 2.75) is 166 Å². The first-order valence-electron chi connectivity index (χ1n) is 19.9. The summed E-state index contributed by atoms with van der Waals surface area (Å²) in [4.78, 5) is 102. The second kappa shape index (κ2) is 23.6. The summed E-state index contributed by atoms with van der Waals surface area (Å²) < 4.78 is 37.3. The van der Waals surface area contributed by atoms with E-state index in [1.807, 2.05) is 0 Å². The summed E-state index contributed by atoms with van der Waals surface area (Å²) in [5.41, 5.74) is -0.827. The third-order valence-corrected chi connectivity index (χ3v) is 11.0. The van der Waals surface area contributed by atoms with Crippen LogP contribution in [0.25, 0.3) is 0 Å². The zero-order valence-corrected chi connectivity index (χ0v) is 37.5. The number of esters is 3. The van der Waals surface area contributed by atoms with Gasteiger partial charge < -0.3 is 64.8 Å². The molecule has 2 rings (SSSR count). The molecule has 10 atom stereocenters. The molecule has 5 amide bonds. The van der Waals surface area contributed by atoms with Gasteiger partial charge in [0.05, 0.1) is 27.4 Å². The molecule has 21 nitrogen and oxygen atoms in total. The molecule has 22 heteroatoms. The first-order valence-corrected chi connectivity index (χ1v) is 23.7. The average Bonchev–Trinajstić information content (AvgIpc) is 3.60. The highest BCUT2D eigenvalue weighted by molar-refractivity contribution is 6.76. The minimum absolute atomic E-state index is 0.00779. The molecule has 0 radical (unpaired) electrons. The lowest BCUT2D eigenvalue weighted by molar-refractivity contribution is -0.209. The van der Waals surface area contributed by atoms with E-state index < -0.39 is 122 Å². The SMILES string of the molecule is COC(=O)[C@@H](CCC[C@H](NC(=O)CC[C@@H](NC(=O)[C@H](C)NC(=O)[C@@H](C)O[C@H]1[C@H](O)[C@H]2CO[C@@H](O2)[C@@H]1NC(C)=O)C(=O)OC)C(=O)OCC[Si](C)(C)C)NC(=O)OC(C)(C)C. The van der Waals surface area contributed by atoms with Gasteiger partial charge >= 0.3 is 24.0 Å². The fraction of sp³-hybridized carbons (Fsp3) is 0.789. The zero-order valence-electron chi connectivity index (χ0n) is 36.5. The Balaban J connectivity index is 2.05. The van der Waals surface area contributed by atoms with E-state index in [1.165, 1.54) is 20.8 Å². The molecule has 2 aliphatic rings. The van der Waals surface area contributed by atoms with E-state index in [1.54, 1.807) is 20.8 Å². The fourth-order valence-electron chi connectivity index (χ4n) is 6.03. The number of ether oxygens (including phenoxy) is 7. The molecule has 0 spiro atoms. The van der Waals surface area contributed by atoms with Crippen molar-refractivity contribution < 1.29 is 76.6 Å². The molecule has 0 aromatic carbocycles. The molecule has 2 aliphatic heterocycles. The first-order chi connectivity index (χ1) is 27.8. The van der Waals surface area contributed by atoms with Gasteiger partial charge in [0.2, 0.25) is 23.6 Å². The first kappa shape index (κ1) is 51.8. The van der Waals surface area contributed by atoms with E-state index in [2.05, 4.69) is 46.2 Å². The number of rotatable bonds is 22. The van der Waals surface area contributed by atoms with Gasteiger partial charge in [-0.2, -0.15) is 0 Å². The number of methoxy groups -OCH3 is 2. The van der Waals surface area contributed by atoms with Gasteiger partial charge in [-0.15, -0.1) is 0 Å². The Bertz CT molecular complexity index is 1520. The van der Waals surface area contributed by atoms with Crippen LogP contribution in [-0.2, 0) is 66.7 Å². The Morgan fingerprint density at radius 2 is 1.40 bits per heavy atom. The van der Waals surface area contributed by atoms with E-state index in [4.69, 9.17) is 33.2 Å². The molecule has 2 saturated heterocycles. The summed E-state index contributed by atoms with van der Waals surface area (Å²) in [6, 6.07) is -5.08. The number of aliphatic hydroxyl groups is 1. The zero-order chi connectivity index (χ0) is 45.5. The third kappa shape index (κ3) is 17.7. The second-order valence-corrected chi connectivity index (χ2v) is 22.6. The van der Waals surface area contributed by atoms with Gasteiger partial charge in [0.25, 0.3) is 0 Å². The Labute approximate surface area is 351 Å². The van der Waals surface area contributed by atoms with Gasteiger partial charge in [0, 0.05) is 21.4 Å². The van der Waals surface area contributed by atoms with Crippen LogP contribution in [0.1, 0.15) is 73.6 Å². The lowest BCUT2D eigenvalue weighted by atomic mass is 9.98. The highest BCUT2D eigenvalue weighted by Crippen LogP contribution is 2.30. The summed E-state index contributed by atoms with van der Waals surface area (Å²) >= 11 is 0. The van der Waals surface area contributed by atoms with Crippen LogP contribution >= 0.6 is 0 Å². The van der Waals surface area contributed by atoms with Crippen molar-refractivity contribution in [2.75, 3.05) is 27.4 Å². The Morgan fingerprint density at radius 1 is 0.817 bits per heavy atom. The standard InChI is InChI=1S/C38H65N5O16Si/c1-20(39-32(48)21(2)57-30-28(40-22(3)44)36-56-19-26(58-36)29(30)46)31(47)42-25(34(50)54-8)15-16-27(45)41-24(35(51)55-17-18-60(9,10)11)14-12-13-23(33(49)53-7)43-37(52)59-38(4,5)6/h20-21,23-26,28-30,36,46H,12-19H2,1-11H3,(H,39,48)(H,40,44)(H,41,45)(H,42,47)(H,43,52)/t20-,21+,23+,24-,25+,26+,28+,29+,30+,36-/m0/s1. The van der Waals surface area contributed by atoms with Crippen LogP contribution in [-0.4, -0.2) is 155 Å². The van der Waals surface area contributed by atoms with Crippen molar-refractivity contribution in [1.82, 2.24) is 26.6 Å². The van der Waals surface area contributed by atoms with Crippen molar-refractivity contribution >= 4 is 55.7 Å². The maximum Gasteiger partial charge on any atom is 0.408 e. The molecule has 2 heterocycles. The Hall–Kier alpha value is -4.38. The van der Waals surface area contributed by atoms with Crippen molar-refractivity contribution in [1.29, 1.82) is 0 Å². The minimum atomic E-state index is -1.59. The quantitative estimate of drug-likeness (QED) is 0.0472. The molecule has 0 unspecified atom stereocenters. The summed E-state index contributed by atoms with van der Waals surface area (Å²) in [6.07, 6.45) is -6.45. The molecule has 2 bridgehead atoms. The summed E-state index contributed by atoms with van der Waals surface area (Å²) in [7, 11) is 0.667. The molecule has 6 N–H and O–H groups in total. The molecule has 0 saturated carbocycles. The predicted molar refractivity (Wildman–Crippen MR) is 213 cm³/mol. The van der Waals surface area contributed by atoms with Crippen LogP contribution in [0.15, 0.2) is 0 Å². The van der Waals surface area contributed by atoms with E-state index in [-0.39, 0.29) is 45.3 Å². The maximum absolute atomic E-state index is 13.2. The normalized spacial score (nSPS) is 22.4. The topological polar surface area (TPSA) is 282 Å². The number of fused-ring (bicyclic) bond motifs is 2. The smallest absolute Gasteiger partial charge is 0.408 e. The average molecular weight is 876 g/mol. The highest BCUT2D eigenvalue weighted by atomic mass is 28.3. The maximum atomic E-state index is 13.2. The number of hydrogen-bond donors (Lipinski definition) is 6. The molecule has 0 aliphatic carbocycles.